The molecule has 2 rings (SSSR count). The molecule has 1 aliphatic heterocycles. The Labute approximate surface area is 103 Å². The number of anilines is 1. The summed E-state index contributed by atoms with van der Waals surface area (Å²) in [4.78, 5) is 6.85. The predicted molar refractivity (Wildman–Crippen MR) is 69.7 cm³/mol. The van der Waals surface area contributed by atoms with Gasteiger partial charge in [-0.3, -0.25) is 0 Å². The second-order valence-electron chi connectivity index (χ2n) is 4.32. The molecule has 1 aromatic rings. The molecule has 0 amide bonds. The lowest BCUT2D eigenvalue weighted by molar-refractivity contribution is 0.326. The Morgan fingerprint density at radius 2 is 2.18 bits per heavy atom. The van der Waals surface area contributed by atoms with Crippen LogP contribution in [0.15, 0.2) is 18.2 Å². The molecule has 0 radical (unpaired) electrons. The van der Waals surface area contributed by atoms with E-state index >= 15 is 0 Å². The molecule has 2 heterocycles. The maximum absolute atomic E-state index is 5.43. The molecule has 1 fully saturated rings. The number of hydrogen-bond donors (Lipinski definition) is 1. The summed E-state index contributed by atoms with van der Waals surface area (Å²) in [7, 11) is 2.04. The van der Waals surface area contributed by atoms with Crippen molar-refractivity contribution in [1.29, 1.82) is 0 Å². The van der Waals surface area contributed by atoms with Gasteiger partial charge in [0.25, 0.3) is 0 Å². The molecule has 1 N–H and O–H groups in total. The first-order valence-electron chi connectivity index (χ1n) is 6.35. The molecule has 4 heteroatoms. The molecule has 0 saturated carbocycles. The highest BCUT2D eigenvalue weighted by molar-refractivity contribution is 5.41. The van der Waals surface area contributed by atoms with Crippen molar-refractivity contribution in [2.45, 2.75) is 25.8 Å². The minimum Gasteiger partial charge on any atom is -0.478 e. The zero-order chi connectivity index (χ0) is 12.1. The van der Waals surface area contributed by atoms with Crippen molar-refractivity contribution < 1.29 is 4.74 Å². The Morgan fingerprint density at radius 1 is 1.41 bits per heavy atom. The Kier molecular flexibility index (Phi) is 4.20. The lowest BCUT2D eigenvalue weighted by atomic mass is 10.1. The number of ether oxygens (including phenoxy) is 1. The monoisotopic (exact) mass is 235 g/mol. The van der Waals surface area contributed by atoms with E-state index in [9.17, 15) is 0 Å². The second-order valence-corrected chi connectivity index (χ2v) is 4.32. The van der Waals surface area contributed by atoms with E-state index in [2.05, 4.69) is 21.3 Å². The van der Waals surface area contributed by atoms with Gasteiger partial charge in [0, 0.05) is 25.2 Å². The number of nitrogens with zero attached hydrogens (tertiary/aromatic N) is 2. The second kappa shape index (κ2) is 5.87. The number of pyridine rings is 1. The third-order valence-electron chi connectivity index (χ3n) is 3.23. The van der Waals surface area contributed by atoms with Gasteiger partial charge in [-0.15, -0.1) is 0 Å². The van der Waals surface area contributed by atoms with Crippen molar-refractivity contribution in [2.24, 2.45) is 0 Å². The topological polar surface area (TPSA) is 37.4 Å². The van der Waals surface area contributed by atoms with E-state index in [-0.39, 0.29) is 0 Å². The first-order chi connectivity index (χ1) is 8.33. The van der Waals surface area contributed by atoms with Crippen LogP contribution in [0.3, 0.4) is 0 Å². The first-order valence-corrected chi connectivity index (χ1v) is 6.35. The van der Waals surface area contributed by atoms with Crippen LogP contribution in [0.4, 0.5) is 5.82 Å². The summed E-state index contributed by atoms with van der Waals surface area (Å²) in [6, 6.07) is 6.63. The molecule has 0 aliphatic carbocycles. The van der Waals surface area contributed by atoms with Crippen LogP contribution in [0, 0.1) is 0 Å². The number of rotatable bonds is 4. The molecule has 1 aromatic heterocycles. The molecule has 4 nitrogen and oxygen atoms in total. The summed E-state index contributed by atoms with van der Waals surface area (Å²) < 4.78 is 5.43. The van der Waals surface area contributed by atoms with Gasteiger partial charge in [0.1, 0.15) is 5.82 Å². The molecule has 94 valence electrons. The van der Waals surface area contributed by atoms with Gasteiger partial charge >= 0.3 is 0 Å². The van der Waals surface area contributed by atoms with E-state index in [0.29, 0.717) is 12.6 Å². The van der Waals surface area contributed by atoms with E-state index in [4.69, 9.17) is 4.74 Å². The summed E-state index contributed by atoms with van der Waals surface area (Å²) in [6.07, 6.45) is 2.36. The van der Waals surface area contributed by atoms with Crippen molar-refractivity contribution in [3.63, 3.8) is 0 Å². The average Bonchev–Trinajstić information content (AvgIpc) is 2.40. The maximum atomic E-state index is 5.43. The van der Waals surface area contributed by atoms with E-state index in [0.717, 1.165) is 24.8 Å². The van der Waals surface area contributed by atoms with Gasteiger partial charge in [0.2, 0.25) is 5.88 Å². The van der Waals surface area contributed by atoms with Crippen LogP contribution in [-0.4, -0.2) is 37.8 Å². The van der Waals surface area contributed by atoms with E-state index in [1.165, 1.54) is 12.8 Å². The zero-order valence-corrected chi connectivity index (χ0v) is 10.6. The third-order valence-corrected chi connectivity index (χ3v) is 3.23. The van der Waals surface area contributed by atoms with E-state index < -0.39 is 0 Å². The highest BCUT2D eigenvalue weighted by Gasteiger charge is 2.18. The molecular weight excluding hydrogens is 214 g/mol. The van der Waals surface area contributed by atoms with Crippen LogP contribution >= 0.6 is 0 Å². The van der Waals surface area contributed by atoms with Crippen LogP contribution in [0.1, 0.15) is 19.8 Å². The van der Waals surface area contributed by atoms with Gasteiger partial charge in [-0.2, -0.15) is 4.98 Å². The molecule has 0 spiro atoms. The number of hydrogen-bond acceptors (Lipinski definition) is 4. The molecule has 0 unspecified atom stereocenters. The number of piperidine rings is 1. The van der Waals surface area contributed by atoms with E-state index in [1.807, 2.05) is 26.1 Å². The summed E-state index contributed by atoms with van der Waals surface area (Å²) in [5.74, 6) is 1.76. The average molecular weight is 235 g/mol. The third kappa shape index (κ3) is 3.09. The lowest BCUT2D eigenvalue weighted by Gasteiger charge is -2.32. The van der Waals surface area contributed by atoms with E-state index in [1.54, 1.807) is 0 Å². The fourth-order valence-electron chi connectivity index (χ4n) is 2.21. The predicted octanol–water partition coefficient (Wildman–Crippen LogP) is 1.67. The summed E-state index contributed by atoms with van der Waals surface area (Å²) in [5.41, 5.74) is 0. The van der Waals surface area contributed by atoms with Crippen molar-refractivity contribution in [2.75, 3.05) is 31.6 Å². The summed E-state index contributed by atoms with van der Waals surface area (Å²) in [6.45, 7) is 4.77. The zero-order valence-electron chi connectivity index (χ0n) is 10.6. The van der Waals surface area contributed by atoms with Crippen LogP contribution in [0.2, 0.25) is 0 Å². The van der Waals surface area contributed by atoms with Crippen LogP contribution < -0.4 is 15.0 Å². The van der Waals surface area contributed by atoms with Crippen molar-refractivity contribution >= 4 is 5.82 Å². The molecule has 0 bridgehead atoms. The van der Waals surface area contributed by atoms with Crippen molar-refractivity contribution in [3.8, 4) is 5.88 Å². The van der Waals surface area contributed by atoms with Gasteiger partial charge in [0.15, 0.2) is 0 Å². The molecule has 0 atom stereocenters. The van der Waals surface area contributed by atoms with Crippen LogP contribution in [0.5, 0.6) is 5.88 Å². The van der Waals surface area contributed by atoms with Gasteiger partial charge in [0.05, 0.1) is 6.61 Å². The summed E-state index contributed by atoms with van der Waals surface area (Å²) in [5, 5.41) is 3.34. The van der Waals surface area contributed by atoms with Crippen LogP contribution in [0.25, 0.3) is 0 Å². The van der Waals surface area contributed by atoms with Crippen molar-refractivity contribution in [1.82, 2.24) is 10.3 Å². The normalized spacial score (nSPS) is 17.2. The van der Waals surface area contributed by atoms with Gasteiger partial charge in [-0.25, -0.2) is 0 Å². The molecule has 1 saturated heterocycles. The smallest absolute Gasteiger partial charge is 0.215 e. The lowest BCUT2D eigenvalue weighted by Crippen LogP contribution is -2.41. The summed E-state index contributed by atoms with van der Waals surface area (Å²) >= 11 is 0. The van der Waals surface area contributed by atoms with Crippen molar-refractivity contribution in [3.05, 3.63) is 18.2 Å². The largest absolute Gasteiger partial charge is 0.478 e. The quantitative estimate of drug-likeness (QED) is 0.861. The minimum atomic E-state index is 0.654. The fourth-order valence-corrected chi connectivity index (χ4v) is 2.21. The fraction of sp³-hybridized carbons (Fsp3) is 0.615. The Hall–Kier alpha value is -1.29. The van der Waals surface area contributed by atoms with Gasteiger partial charge in [-0.05, 0) is 32.9 Å². The Bertz CT molecular complexity index is 348. The molecule has 0 aromatic carbocycles. The molecule has 17 heavy (non-hydrogen) atoms. The Balaban J connectivity index is 2.00. The maximum Gasteiger partial charge on any atom is 0.215 e. The number of nitrogens with one attached hydrogen (secondary N) is 1. The highest BCUT2D eigenvalue weighted by Crippen LogP contribution is 2.20. The molecule has 1 aliphatic rings. The standard InChI is InChI=1S/C13H21N3O/c1-3-17-13-6-4-5-12(15-13)16-9-7-11(14-2)8-10-16/h4-6,11,14H,3,7-10H2,1-2H3. The van der Waals surface area contributed by atoms with Gasteiger partial charge < -0.3 is 15.0 Å². The van der Waals surface area contributed by atoms with Crippen LogP contribution in [-0.2, 0) is 0 Å². The molecular formula is C13H21N3O. The highest BCUT2D eigenvalue weighted by atomic mass is 16.5. The SMILES string of the molecule is CCOc1cccc(N2CCC(NC)CC2)n1. The number of aromatic nitrogens is 1. The minimum absolute atomic E-state index is 0.654. The Morgan fingerprint density at radius 3 is 2.82 bits per heavy atom. The van der Waals surface area contributed by atoms with Gasteiger partial charge in [-0.1, -0.05) is 6.07 Å². The first kappa shape index (κ1) is 12.2.